The molecule has 2 aliphatic heterocycles. The van der Waals surface area contributed by atoms with Gasteiger partial charge in [0, 0.05) is 19.0 Å². The van der Waals surface area contributed by atoms with Crippen molar-refractivity contribution < 1.29 is 4.79 Å². The number of fused-ring (bicyclic) bond motifs is 1. The largest absolute Gasteiger partial charge is 0.337 e. The van der Waals surface area contributed by atoms with Gasteiger partial charge in [-0.05, 0) is 36.0 Å². The highest BCUT2D eigenvalue weighted by Crippen LogP contribution is 2.49. The van der Waals surface area contributed by atoms with Gasteiger partial charge in [-0.3, -0.25) is 9.69 Å². The Morgan fingerprint density at radius 1 is 0.960 bits per heavy atom. The molecule has 0 radical (unpaired) electrons. The molecule has 1 amide bonds. The summed E-state index contributed by atoms with van der Waals surface area (Å²) in [7, 11) is 3.73. The monoisotopic (exact) mass is 387 g/mol. The van der Waals surface area contributed by atoms with Gasteiger partial charge in [0.05, 0.1) is 21.4 Å². The van der Waals surface area contributed by atoms with Crippen LogP contribution in [0.4, 0.5) is 11.4 Å². The summed E-state index contributed by atoms with van der Waals surface area (Å²) in [5.74, 6) is -0.0436. The molecule has 0 aliphatic carbocycles. The molecule has 25 heavy (non-hydrogen) atoms. The number of anilines is 1. The Morgan fingerprint density at radius 2 is 1.68 bits per heavy atom. The van der Waals surface area contributed by atoms with E-state index in [9.17, 15) is 4.79 Å². The molecule has 7 heteroatoms. The predicted octanol–water partition coefficient (Wildman–Crippen LogP) is 4.94. The zero-order valence-corrected chi connectivity index (χ0v) is 16.0. The Morgan fingerprint density at radius 3 is 2.44 bits per heavy atom. The van der Waals surface area contributed by atoms with Crippen LogP contribution in [0, 0.1) is 0 Å². The second kappa shape index (κ2) is 6.44. The SMILES string of the molecule is CN1C(=O)C(=C2Sc3ccccc3N2C)SC1=Nc1ccccc1Cl. The number of likely N-dealkylation sites (N-methyl/N-ethyl adjacent to an activating group) is 1. The van der Waals surface area contributed by atoms with Crippen molar-refractivity contribution in [1.82, 2.24) is 4.90 Å². The highest BCUT2D eigenvalue weighted by Gasteiger charge is 2.37. The van der Waals surface area contributed by atoms with E-state index in [1.807, 2.05) is 37.4 Å². The highest BCUT2D eigenvalue weighted by atomic mass is 35.5. The van der Waals surface area contributed by atoms with Crippen LogP contribution in [0.25, 0.3) is 0 Å². The minimum absolute atomic E-state index is 0.0436. The number of amides is 1. The molecule has 2 heterocycles. The van der Waals surface area contributed by atoms with E-state index in [4.69, 9.17) is 11.6 Å². The number of aliphatic imine (C=N–C) groups is 1. The second-order valence-corrected chi connectivity index (χ2v) is 7.99. The minimum atomic E-state index is -0.0436. The van der Waals surface area contributed by atoms with E-state index in [1.54, 1.807) is 29.8 Å². The van der Waals surface area contributed by atoms with Gasteiger partial charge in [0.2, 0.25) is 0 Å². The third-order valence-electron chi connectivity index (χ3n) is 3.98. The molecule has 2 aromatic carbocycles. The average molecular weight is 388 g/mol. The number of amidine groups is 1. The summed E-state index contributed by atoms with van der Waals surface area (Å²) in [5.41, 5.74) is 1.77. The lowest BCUT2D eigenvalue weighted by atomic mass is 10.3. The second-order valence-electron chi connectivity index (χ2n) is 5.58. The molecule has 1 saturated heterocycles. The number of nitrogens with zero attached hydrogens (tertiary/aromatic N) is 3. The highest BCUT2D eigenvalue weighted by molar-refractivity contribution is 8.19. The van der Waals surface area contributed by atoms with Gasteiger partial charge in [-0.15, -0.1) is 0 Å². The first-order chi connectivity index (χ1) is 12.1. The summed E-state index contributed by atoms with van der Waals surface area (Å²) in [6.07, 6.45) is 0. The van der Waals surface area contributed by atoms with Crippen molar-refractivity contribution >= 4 is 57.6 Å². The average Bonchev–Trinajstić information content (AvgIpc) is 3.09. The van der Waals surface area contributed by atoms with Gasteiger partial charge in [-0.25, -0.2) is 4.99 Å². The van der Waals surface area contributed by atoms with Gasteiger partial charge in [-0.2, -0.15) is 0 Å². The molecule has 0 bridgehead atoms. The van der Waals surface area contributed by atoms with Crippen LogP contribution < -0.4 is 4.90 Å². The lowest BCUT2D eigenvalue weighted by Gasteiger charge is -2.14. The number of rotatable bonds is 1. The molecule has 0 saturated carbocycles. The summed E-state index contributed by atoms with van der Waals surface area (Å²) in [5, 5.41) is 2.13. The fourth-order valence-electron chi connectivity index (χ4n) is 2.62. The lowest BCUT2D eigenvalue weighted by molar-refractivity contribution is -0.121. The van der Waals surface area contributed by atoms with Crippen molar-refractivity contribution in [2.45, 2.75) is 4.90 Å². The van der Waals surface area contributed by atoms with E-state index in [2.05, 4.69) is 22.0 Å². The van der Waals surface area contributed by atoms with Crippen LogP contribution in [0.2, 0.25) is 5.02 Å². The molecule has 4 rings (SSSR count). The normalized spacial score (nSPS) is 21.4. The summed E-state index contributed by atoms with van der Waals surface area (Å²) >= 11 is 9.19. The fraction of sp³-hybridized carbons (Fsp3) is 0.111. The van der Waals surface area contributed by atoms with Crippen molar-refractivity contribution in [2.75, 3.05) is 19.0 Å². The van der Waals surface area contributed by atoms with E-state index in [0.717, 1.165) is 15.6 Å². The number of halogens is 1. The van der Waals surface area contributed by atoms with E-state index in [-0.39, 0.29) is 5.91 Å². The molecular weight excluding hydrogens is 374 g/mol. The summed E-state index contributed by atoms with van der Waals surface area (Å²) in [6.45, 7) is 0. The first kappa shape index (κ1) is 16.6. The van der Waals surface area contributed by atoms with E-state index >= 15 is 0 Å². The molecule has 126 valence electrons. The van der Waals surface area contributed by atoms with Crippen molar-refractivity contribution in [3.05, 3.63) is 63.5 Å². The van der Waals surface area contributed by atoms with Crippen molar-refractivity contribution in [3.8, 4) is 0 Å². The van der Waals surface area contributed by atoms with Gasteiger partial charge in [0.15, 0.2) is 5.17 Å². The summed E-state index contributed by atoms with van der Waals surface area (Å²) in [4.78, 5) is 22.8. The van der Waals surface area contributed by atoms with Gasteiger partial charge in [0.1, 0.15) is 4.91 Å². The van der Waals surface area contributed by atoms with E-state index < -0.39 is 0 Å². The molecule has 0 spiro atoms. The number of thioether (sulfide) groups is 2. The number of para-hydroxylation sites is 2. The first-order valence-corrected chi connectivity index (χ1v) is 9.61. The number of carbonyl (C=O) groups is 1. The van der Waals surface area contributed by atoms with Crippen molar-refractivity contribution in [1.29, 1.82) is 0 Å². The van der Waals surface area contributed by atoms with Crippen LogP contribution in [0.3, 0.4) is 0 Å². The van der Waals surface area contributed by atoms with Crippen molar-refractivity contribution in [3.63, 3.8) is 0 Å². The maximum atomic E-state index is 12.8. The Hall–Kier alpha value is -1.89. The Labute approximate surface area is 159 Å². The number of carbonyl (C=O) groups excluding carboxylic acids is 1. The zero-order chi connectivity index (χ0) is 17.6. The topological polar surface area (TPSA) is 35.9 Å². The minimum Gasteiger partial charge on any atom is -0.337 e. The van der Waals surface area contributed by atoms with Gasteiger partial charge in [-0.1, -0.05) is 47.6 Å². The van der Waals surface area contributed by atoms with Crippen LogP contribution in [0.5, 0.6) is 0 Å². The maximum Gasteiger partial charge on any atom is 0.269 e. The summed E-state index contributed by atoms with van der Waals surface area (Å²) in [6, 6.07) is 15.5. The molecule has 4 nitrogen and oxygen atoms in total. The Kier molecular flexibility index (Phi) is 4.27. The zero-order valence-electron chi connectivity index (χ0n) is 13.6. The quantitative estimate of drug-likeness (QED) is 0.649. The molecular formula is C18H14ClN3OS2. The van der Waals surface area contributed by atoms with Crippen LogP contribution in [-0.2, 0) is 4.79 Å². The molecule has 0 unspecified atom stereocenters. The maximum absolute atomic E-state index is 12.8. The van der Waals surface area contributed by atoms with E-state index in [1.165, 1.54) is 11.8 Å². The Balaban J connectivity index is 1.72. The van der Waals surface area contributed by atoms with Crippen LogP contribution >= 0.6 is 35.1 Å². The van der Waals surface area contributed by atoms with Gasteiger partial charge in [0.25, 0.3) is 5.91 Å². The van der Waals surface area contributed by atoms with Crippen LogP contribution in [-0.4, -0.2) is 30.1 Å². The van der Waals surface area contributed by atoms with Crippen LogP contribution in [0.15, 0.2) is 68.4 Å². The third-order valence-corrected chi connectivity index (χ3v) is 6.78. The number of hydrogen-bond donors (Lipinski definition) is 0. The van der Waals surface area contributed by atoms with E-state index in [0.29, 0.717) is 20.8 Å². The molecule has 2 aliphatic rings. The van der Waals surface area contributed by atoms with Crippen LogP contribution in [0.1, 0.15) is 0 Å². The Bertz CT molecular complexity index is 941. The predicted molar refractivity (Wildman–Crippen MR) is 107 cm³/mol. The lowest BCUT2D eigenvalue weighted by Crippen LogP contribution is -2.24. The molecule has 1 fully saturated rings. The molecule has 0 atom stereocenters. The molecule has 0 aromatic heterocycles. The number of benzene rings is 2. The fourth-order valence-corrected chi connectivity index (χ4v) is 5.12. The summed E-state index contributed by atoms with van der Waals surface area (Å²) < 4.78 is 0. The standard InChI is InChI=1S/C18H14ClN3OS2/c1-21-13-9-5-6-10-14(13)24-17(21)15-16(23)22(2)18(25-15)20-12-8-4-3-7-11(12)19/h3-10H,1-2H3. The molecule has 2 aromatic rings. The molecule has 0 N–H and O–H groups in total. The van der Waals surface area contributed by atoms with Crippen molar-refractivity contribution in [2.24, 2.45) is 4.99 Å². The first-order valence-electron chi connectivity index (χ1n) is 7.60. The van der Waals surface area contributed by atoms with Gasteiger partial charge < -0.3 is 4.90 Å². The smallest absolute Gasteiger partial charge is 0.269 e. The third kappa shape index (κ3) is 2.84. The number of hydrogen-bond acceptors (Lipinski definition) is 5. The van der Waals surface area contributed by atoms with Gasteiger partial charge >= 0.3 is 0 Å².